The molecule has 1 atom stereocenters. The Balaban J connectivity index is 1.88. The highest BCUT2D eigenvalue weighted by Gasteiger charge is 2.18. The maximum Gasteiger partial charge on any atom is 0.275 e. The number of primary amides is 1. The molecule has 3 N–H and O–H groups in total. The van der Waals surface area contributed by atoms with E-state index >= 15 is 0 Å². The number of nitrogens with two attached hydrogens (primary N) is 1. The van der Waals surface area contributed by atoms with Gasteiger partial charge in [0, 0.05) is 5.39 Å². The van der Waals surface area contributed by atoms with Gasteiger partial charge in [0.1, 0.15) is 6.54 Å². The van der Waals surface area contributed by atoms with Crippen molar-refractivity contribution in [2.75, 3.05) is 0 Å². The minimum atomic E-state index is -0.753. The van der Waals surface area contributed by atoms with Gasteiger partial charge in [-0.2, -0.15) is 5.10 Å². The molecule has 0 fully saturated rings. The van der Waals surface area contributed by atoms with Gasteiger partial charge in [0.2, 0.25) is 5.91 Å². The number of amides is 2. The molecule has 0 spiro atoms. The topological polar surface area (TPSA) is 107 Å². The summed E-state index contributed by atoms with van der Waals surface area (Å²) < 4.78 is 0.986. The Hall–Kier alpha value is -3.48. The monoisotopic (exact) mass is 378 g/mol. The molecule has 1 heterocycles. The van der Waals surface area contributed by atoms with E-state index in [1.165, 1.54) is 0 Å². The second kappa shape index (κ2) is 8.04. The average molecular weight is 378 g/mol. The maximum absolute atomic E-state index is 12.7. The zero-order chi connectivity index (χ0) is 20.3. The van der Waals surface area contributed by atoms with Crippen molar-refractivity contribution in [2.45, 2.75) is 32.9 Å². The van der Waals surface area contributed by atoms with Crippen LogP contribution in [-0.2, 0) is 11.3 Å². The van der Waals surface area contributed by atoms with E-state index in [9.17, 15) is 14.4 Å². The van der Waals surface area contributed by atoms with Crippen molar-refractivity contribution in [1.29, 1.82) is 0 Å². The van der Waals surface area contributed by atoms with Gasteiger partial charge < -0.3 is 11.1 Å². The number of rotatable bonds is 6. The third-order valence-corrected chi connectivity index (χ3v) is 4.62. The van der Waals surface area contributed by atoms with Crippen LogP contribution in [0.3, 0.4) is 0 Å². The molecule has 7 heteroatoms. The van der Waals surface area contributed by atoms with Gasteiger partial charge in [-0.15, -0.1) is 0 Å². The van der Waals surface area contributed by atoms with Crippen LogP contribution < -0.4 is 16.6 Å². The number of carbonyl (C=O) groups is 2. The Labute approximate surface area is 162 Å². The van der Waals surface area contributed by atoms with Crippen molar-refractivity contribution in [2.24, 2.45) is 5.73 Å². The van der Waals surface area contributed by atoms with E-state index in [-0.39, 0.29) is 24.2 Å². The lowest BCUT2D eigenvalue weighted by Gasteiger charge is -2.18. The number of hydrogen-bond donors (Lipinski definition) is 2. The first-order chi connectivity index (χ1) is 13.4. The Bertz CT molecular complexity index is 1090. The largest absolute Gasteiger partial charge is 0.364 e. The summed E-state index contributed by atoms with van der Waals surface area (Å²) in [7, 11) is 0. The maximum atomic E-state index is 12.7. The molecule has 0 bridgehead atoms. The summed E-state index contributed by atoms with van der Waals surface area (Å²) >= 11 is 0. The molecule has 0 aliphatic carbocycles. The molecule has 1 aromatic heterocycles. The van der Waals surface area contributed by atoms with Crippen LogP contribution >= 0.6 is 0 Å². The summed E-state index contributed by atoms with van der Waals surface area (Å²) in [6.07, 6.45) is 0.696. The molecule has 0 aliphatic heterocycles. The summed E-state index contributed by atoms with van der Waals surface area (Å²) in [5, 5.41) is 7.62. The van der Waals surface area contributed by atoms with E-state index in [2.05, 4.69) is 10.4 Å². The first-order valence-corrected chi connectivity index (χ1v) is 9.06. The number of aromatic nitrogens is 2. The molecule has 2 aromatic carbocycles. The molecule has 3 aromatic rings. The first-order valence-electron chi connectivity index (χ1n) is 9.06. The molecule has 28 heavy (non-hydrogen) atoms. The zero-order valence-electron chi connectivity index (χ0n) is 15.8. The summed E-state index contributed by atoms with van der Waals surface area (Å²) in [6, 6.07) is 14.3. The Morgan fingerprint density at radius 1 is 1.11 bits per heavy atom. The molecule has 7 nitrogen and oxygen atoms in total. The van der Waals surface area contributed by atoms with Crippen LogP contribution in [0.4, 0.5) is 0 Å². The minimum Gasteiger partial charge on any atom is -0.364 e. The van der Waals surface area contributed by atoms with Crippen LogP contribution in [0.1, 0.15) is 41.0 Å². The molecule has 0 saturated heterocycles. The lowest BCUT2D eigenvalue weighted by molar-refractivity contribution is -0.122. The SMILES string of the molecule is CCC(NC(=O)Cn1nc(C(N)=O)c2ccccc2c1=O)c1ccc(C)cc1. The Morgan fingerprint density at radius 3 is 2.36 bits per heavy atom. The molecule has 1 unspecified atom stereocenters. The molecule has 3 rings (SSSR count). The molecule has 0 radical (unpaired) electrons. The quantitative estimate of drug-likeness (QED) is 0.685. The van der Waals surface area contributed by atoms with Gasteiger partial charge in [-0.1, -0.05) is 55.0 Å². The van der Waals surface area contributed by atoms with Gasteiger partial charge in [-0.3, -0.25) is 14.4 Å². The van der Waals surface area contributed by atoms with Crippen molar-refractivity contribution in [3.63, 3.8) is 0 Å². The van der Waals surface area contributed by atoms with Crippen LogP contribution in [0.2, 0.25) is 0 Å². The predicted molar refractivity (Wildman–Crippen MR) is 107 cm³/mol. The van der Waals surface area contributed by atoms with Gasteiger partial charge >= 0.3 is 0 Å². The van der Waals surface area contributed by atoms with Crippen molar-refractivity contribution in [3.05, 3.63) is 75.7 Å². The van der Waals surface area contributed by atoms with Crippen molar-refractivity contribution < 1.29 is 9.59 Å². The van der Waals surface area contributed by atoms with Gasteiger partial charge in [-0.05, 0) is 25.0 Å². The Kier molecular flexibility index (Phi) is 5.54. The van der Waals surface area contributed by atoms with E-state index in [0.29, 0.717) is 17.2 Å². The molecule has 144 valence electrons. The van der Waals surface area contributed by atoms with Crippen molar-refractivity contribution in [3.8, 4) is 0 Å². The van der Waals surface area contributed by atoms with Gasteiger partial charge in [0.15, 0.2) is 5.69 Å². The molecule has 0 saturated carbocycles. The van der Waals surface area contributed by atoms with Crippen LogP contribution in [0, 0.1) is 6.92 Å². The number of fused-ring (bicyclic) bond motifs is 1. The van der Waals surface area contributed by atoms with E-state index in [4.69, 9.17) is 5.73 Å². The third-order valence-electron chi connectivity index (χ3n) is 4.62. The van der Waals surface area contributed by atoms with Crippen molar-refractivity contribution in [1.82, 2.24) is 15.1 Å². The highest BCUT2D eigenvalue weighted by Crippen LogP contribution is 2.17. The van der Waals surface area contributed by atoms with Gasteiger partial charge in [0.05, 0.1) is 11.4 Å². The number of hydrogen-bond acceptors (Lipinski definition) is 4. The minimum absolute atomic E-state index is 0.0337. The number of nitrogens with zero attached hydrogens (tertiary/aromatic N) is 2. The van der Waals surface area contributed by atoms with E-state index in [1.54, 1.807) is 24.3 Å². The fraction of sp³-hybridized carbons (Fsp3) is 0.238. The second-order valence-electron chi connectivity index (χ2n) is 6.66. The summed E-state index contributed by atoms with van der Waals surface area (Å²) in [6.45, 7) is 3.67. The van der Waals surface area contributed by atoms with Crippen LogP contribution in [-0.4, -0.2) is 21.6 Å². The highest BCUT2D eigenvalue weighted by molar-refractivity contribution is 6.04. The lowest BCUT2D eigenvalue weighted by Crippen LogP contribution is -2.36. The van der Waals surface area contributed by atoms with Crippen LogP contribution in [0.5, 0.6) is 0 Å². The fourth-order valence-corrected chi connectivity index (χ4v) is 3.12. The zero-order valence-corrected chi connectivity index (χ0v) is 15.8. The molecular formula is C21H22N4O3. The van der Waals surface area contributed by atoms with Crippen molar-refractivity contribution >= 4 is 22.6 Å². The molecule has 2 amide bonds. The second-order valence-corrected chi connectivity index (χ2v) is 6.66. The lowest BCUT2D eigenvalue weighted by atomic mass is 10.0. The van der Waals surface area contributed by atoms with Crippen LogP contribution in [0.25, 0.3) is 10.8 Å². The van der Waals surface area contributed by atoms with Gasteiger partial charge in [-0.25, -0.2) is 4.68 Å². The number of benzene rings is 2. The normalized spacial score (nSPS) is 11.9. The summed E-state index contributed by atoms with van der Waals surface area (Å²) in [5.74, 6) is -1.12. The average Bonchev–Trinajstić information content (AvgIpc) is 2.69. The number of nitrogens with one attached hydrogen (secondary N) is 1. The highest BCUT2D eigenvalue weighted by atomic mass is 16.2. The van der Waals surface area contributed by atoms with Gasteiger partial charge in [0.25, 0.3) is 11.5 Å². The number of aryl methyl sites for hydroxylation is 1. The van der Waals surface area contributed by atoms with E-state index in [1.807, 2.05) is 38.1 Å². The smallest absolute Gasteiger partial charge is 0.275 e. The van der Waals surface area contributed by atoms with E-state index < -0.39 is 11.5 Å². The molecular weight excluding hydrogens is 356 g/mol. The first kappa shape index (κ1) is 19.3. The van der Waals surface area contributed by atoms with E-state index in [0.717, 1.165) is 15.8 Å². The fourth-order valence-electron chi connectivity index (χ4n) is 3.12. The standard InChI is InChI=1S/C21H22N4O3/c1-3-17(14-10-8-13(2)9-11-14)23-18(26)12-25-21(28)16-7-5-4-6-15(16)19(24-25)20(22)27/h4-11,17H,3,12H2,1-2H3,(H2,22,27)(H,23,26). The third kappa shape index (κ3) is 3.93. The van der Waals surface area contributed by atoms with Crippen LogP contribution in [0.15, 0.2) is 53.3 Å². The predicted octanol–water partition coefficient (Wildman–Crippen LogP) is 2.07. The summed E-state index contributed by atoms with van der Waals surface area (Å²) in [5.41, 5.74) is 7.04. The number of carbonyl (C=O) groups excluding carboxylic acids is 2. The Morgan fingerprint density at radius 2 is 1.75 bits per heavy atom. The molecule has 0 aliphatic rings. The summed E-state index contributed by atoms with van der Waals surface area (Å²) in [4.78, 5) is 37.0.